The molecule has 1 aromatic carbocycles. The van der Waals surface area contributed by atoms with Gasteiger partial charge in [-0.1, -0.05) is 25.3 Å². The molecule has 0 radical (unpaired) electrons. The molecule has 0 saturated heterocycles. The zero-order valence-corrected chi connectivity index (χ0v) is 11.3. The van der Waals surface area contributed by atoms with Crippen molar-refractivity contribution in [2.75, 3.05) is 5.32 Å². The van der Waals surface area contributed by atoms with Gasteiger partial charge in [0, 0.05) is 17.8 Å². The number of aromatic nitrogens is 1. The molecule has 1 aliphatic rings. The van der Waals surface area contributed by atoms with Crippen molar-refractivity contribution in [3.05, 3.63) is 42.1 Å². The van der Waals surface area contributed by atoms with E-state index in [4.69, 9.17) is 0 Å². The Kier molecular flexibility index (Phi) is 3.72. The molecule has 1 heterocycles. The van der Waals surface area contributed by atoms with Gasteiger partial charge in [-0.05, 0) is 31.0 Å². The van der Waals surface area contributed by atoms with E-state index in [1.807, 2.05) is 6.07 Å². The lowest BCUT2D eigenvalue weighted by molar-refractivity contribution is 0.463. The van der Waals surface area contributed by atoms with Gasteiger partial charge < -0.3 is 10.3 Å². The molecule has 0 unspecified atom stereocenters. The molecule has 1 fully saturated rings. The van der Waals surface area contributed by atoms with Crippen LogP contribution in [0.25, 0.3) is 11.3 Å². The monoisotopic (exact) mass is 276 g/mol. The Balaban J connectivity index is 1.87. The Bertz CT molecular complexity index is 586. The first-order valence-corrected chi connectivity index (χ1v) is 7.14. The number of hydrogen-bond donors (Lipinski definition) is 2. The number of rotatable bonds is 3. The first-order chi connectivity index (χ1) is 9.75. The molecular weight excluding hydrogens is 258 g/mol. The van der Waals surface area contributed by atoms with Crippen molar-refractivity contribution in [3.8, 4) is 11.3 Å². The second-order valence-electron chi connectivity index (χ2n) is 5.35. The van der Waals surface area contributed by atoms with E-state index in [1.54, 1.807) is 12.3 Å². The zero-order valence-electron chi connectivity index (χ0n) is 11.3. The summed E-state index contributed by atoms with van der Waals surface area (Å²) in [6, 6.07) is 6.56. The predicted molar refractivity (Wildman–Crippen MR) is 76.6 cm³/mol. The lowest BCUT2D eigenvalue weighted by atomic mass is 9.95. The Hall–Kier alpha value is -1.84. The number of anilines is 1. The van der Waals surface area contributed by atoms with E-state index < -0.39 is 11.6 Å². The highest BCUT2D eigenvalue weighted by Gasteiger charge is 2.18. The molecule has 1 aliphatic carbocycles. The van der Waals surface area contributed by atoms with Crippen LogP contribution in [0.4, 0.5) is 14.5 Å². The van der Waals surface area contributed by atoms with E-state index >= 15 is 0 Å². The molecule has 4 heteroatoms. The van der Waals surface area contributed by atoms with Crippen LogP contribution in [0.5, 0.6) is 0 Å². The fraction of sp³-hybridized carbons (Fsp3) is 0.375. The summed E-state index contributed by atoms with van der Waals surface area (Å²) < 4.78 is 27.3. The van der Waals surface area contributed by atoms with E-state index in [0.717, 1.165) is 24.6 Å². The van der Waals surface area contributed by atoms with Crippen molar-refractivity contribution in [3.63, 3.8) is 0 Å². The van der Waals surface area contributed by atoms with Crippen molar-refractivity contribution in [2.45, 2.75) is 38.1 Å². The van der Waals surface area contributed by atoms with Gasteiger partial charge >= 0.3 is 0 Å². The fourth-order valence-corrected chi connectivity index (χ4v) is 2.88. The van der Waals surface area contributed by atoms with E-state index in [0.29, 0.717) is 11.7 Å². The van der Waals surface area contributed by atoms with Crippen molar-refractivity contribution in [1.29, 1.82) is 0 Å². The zero-order chi connectivity index (χ0) is 13.9. The summed E-state index contributed by atoms with van der Waals surface area (Å²) in [6.45, 7) is 0. The molecule has 2 N–H and O–H groups in total. The Labute approximate surface area is 117 Å². The van der Waals surface area contributed by atoms with Crippen molar-refractivity contribution in [2.24, 2.45) is 0 Å². The van der Waals surface area contributed by atoms with E-state index in [-0.39, 0.29) is 5.56 Å². The molecule has 0 atom stereocenters. The first-order valence-electron chi connectivity index (χ1n) is 7.14. The number of benzene rings is 1. The predicted octanol–water partition coefficient (Wildman–Crippen LogP) is 4.70. The number of aromatic amines is 1. The second kappa shape index (κ2) is 5.65. The van der Waals surface area contributed by atoms with Crippen LogP contribution in [-0.2, 0) is 0 Å². The smallest absolute Gasteiger partial charge is 0.168 e. The minimum atomic E-state index is -0.819. The van der Waals surface area contributed by atoms with Crippen molar-refractivity contribution < 1.29 is 8.78 Å². The maximum atomic E-state index is 13.9. The van der Waals surface area contributed by atoms with Gasteiger partial charge in [0.25, 0.3) is 0 Å². The highest BCUT2D eigenvalue weighted by molar-refractivity contribution is 5.75. The van der Waals surface area contributed by atoms with Crippen LogP contribution in [0, 0.1) is 11.6 Å². The van der Waals surface area contributed by atoms with Gasteiger partial charge in [0.2, 0.25) is 0 Å². The van der Waals surface area contributed by atoms with Crippen molar-refractivity contribution >= 4 is 5.69 Å². The molecular formula is C16H18F2N2. The SMILES string of the molecule is Fc1cccc(-c2[nH]ccc2NC2CCCCC2)c1F. The highest BCUT2D eigenvalue weighted by atomic mass is 19.2. The van der Waals surface area contributed by atoms with Gasteiger partial charge in [-0.25, -0.2) is 8.78 Å². The fourth-order valence-electron chi connectivity index (χ4n) is 2.88. The number of H-pyrrole nitrogens is 1. The van der Waals surface area contributed by atoms with Crippen LogP contribution in [-0.4, -0.2) is 11.0 Å². The Morgan fingerprint density at radius 3 is 2.65 bits per heavy atom. The third-order valence-electron chi connectivity index (χ3n) is 3.93. The molecule has 1 aromatic heterocycles. The molecule has 0 spiro atoms. The minimum Gasteiger partial charge on any atom is -0.381 e. The van der Waals surface area contributed by atoms with Gasteiger partial charge in [0.15, 0.2) is 11.6 Å². The number of nitrogens with one attached hydrogen (secondary N) is 2. The third-order valence-corrected chi connectivity index (χ3v) is 3.93. The van der Waals surface area contributed by atoms with Crippen LogP contribution >= 0.6 is 0 Å². The summed E-state index contributed by atoms with van der Waals surface area (Å²) in [5.74, 6) is -1.62. The Morgan fingerprint density at radius 2 is 1.85 bits per heavy atom. The standard InChI is InChI=1S/C16H18F2N2/c17-13-8-4-7-12(15(13)18)16-14(9-10-19-16)20-11-5-2-1-3-6-11/h4,7-11,19-20H,1-3,5-6H2. The topological polar surface area (TPSA) is 27.8 Å². The summed E-state index contributed by atoms with van der Waals surface area (Å²) in [5.41, 5.74) is 1.74. The van der Waals surface area contributed by atoms with E-state index in [1.165, 1.54) is 25.3 Å². The number of halogens is 2. The van der Waals surface area contributed by atoms with Gasteiger partial charge in [0.1, 0.15) is 0 Å². The van der Waals surface area contributed by atoms with Crippen LogP contribution in [0.2, 0.25) is 0 Å². The molecule has 0 amide bonds. The molecule has 3 rings (SSSR count). The Morgan fingerprint density at radius 1 is 1.05 bits per heavy atom. The maximum Gasteiger partial charge on any atom is 0.168 e. The second-order valence-corrected chi connectivity index (χ2v) is 5.35. The molecule has 2 aromatic rings. The van der Waals surface area contributed by atoms with Gasteiger partial charge in [-0.3, -0.25) is 0 Å². The van der Waals surface area contributed by atoms with Gasteiger partial charge in [-0.2, -0.15) is 0 Å². The van der Waals surface area contributed by atoms with Gasteiger partial charge in [-0.15, -0.1) is 0 Å². The molecule has 1 saturated carbocycles. The van der Waals surface area contributed by atoms with Crippen LogP contribution in [0.1, 0.15) is 32.1 Å². The lowest BCUT2D eigenvalue weighted by Gasteiger charge is -2.24. The molecule has 20 heavy (non-hydrogen) atoms. The minimum absolute atomic E-state index is 0.272. The molecule has 2 nitrogen and oxygen atoms in total. The maximum absolute atomic E-state index is 13.9. The van der Waals surface area contributed by atoms with Crippen LogP contribution < -0.4 is 5.32 Å². The van der Waals surface area contributed by atoms with Crippen LogP contribution in [0.15, 0.2) is 30.5 Å². The van der Waals surface area contributed by atoms with E-state index in [2.05, 4.69) is 10.3 Å². The normalized spacial score (nSPS) is 16.3. The lowest BCUT2D eigenvalue weighted by Crippen LogP contribution is -2.22. The summed E-state index contributed by atoms with van der Waals surface area (Å²) in [6.07, 6.45) is 7.77. The summed E-state index contributed by atoms with van der Waals surface area (Å²) in [5, 5.41) is 3.45. The molecule has 0 aliphatic heterocycles. The molecule has 106 valence electrons. The van der Waals surface area contributed by atoms with Crippen molar-refractivity contribution in [1.82, 2.24) is 4.98 Å². The van der Waals surface area contributed by atoms with Gasteiger partial charge in [0.05, 0.1) is 11.4 Å². The molecule has 0 bridgehead atoms. The summed E-state index contributed by atoms with van der Waals surface area (Å²) in [7, 11) is 0. The summed E-state index contributed by atoms with van der Waals surface area (Å²) >= 11 is 0. The number of hydrogen-bond acceptors (Lipinski definition) is 1. The van der Waals surface area contributed by atoms with Crippen LogP contribution in [0.3, 0.4) is 0 Å². The quantitative estimate of drug-likeness (QED) is 0.835. The third kappa shape index (κ3) is 2.55. The summed E-state index contributed by atoms with van der Waals surface area (Å²) in [4.78, 5) is 3.01. The largest absolute Gasteiger partial charge is 0.381 e. The average Bonchev–Trinajstić information content (AvgIpc) is 2.91. The highest BCUT2D eigenvalue weighted by Crippen LogP contribution is 2.31. The first kappa shape index (κ1) is 13.2. The average molecular weight is 276 g/mol. The van der Waals surface area contributed by atoms with E-state index in [9.17, 15) is 8.78 Å².